The van der Waals surface area contributed by atoms with Gasteiger partial charge in [0, 0.05) is 29.8 Å². The molecule has 3 nitrogen and oxygen atoms in total. The molecule has 4 atom stereocenters. The average Bonchev–Trinajstić information content (AvgIpc) is 2.87. The topological polar surface area (TPSA) is 38.5 Å². The van der Waals surface area contributed by atoms with Gasteiger partial charge < -0.3 is 10.5 Å². The Bertz CT molecular complexity index is 423. The Kier molecular flexibility index (Phi) is 5.44. The van der Waals surface area contributed by atoms with Crippen molar-refractivity contribution in [3.63, 3.8) is 0 Å². The van der Waals surface area contributed by atoms with E-state index in [1.54, 1.807) is 0 Å². The van der Waals surface area contributed by atoms with E-state index in [2.05, 4.69) is 37.9 Å². The molecule has 0 aliphatic carbocycles. The second-order valence-electron chi connectivity index (χ2n) is 5.67. The maximum absolute atomic E-state index is 6.39. The van der Waals surface area contributed by atoms with Crippen LogP contribution in [0.3, 0.4) is 0 Å². The van der Waals surface area contributed by atoms with Gasteiger partial charge in [-0.3, -0.25) is 4.90 Å². The maximum Gasteiger partial charge on any atom is 0.0703 e. The van der Waals surface area contributed by atoms with Crippen LogP contribution in [-0.4, -0.2) is 36.7 Å². The molecule has 0 amide bonds. The molecule has 1 aliphatic rings. The number of rotatable bonds is 5. The highest BCUT2D eigenvalue weighted by Gasteiger charge is 2.34. The predicted octanol–water partition coefficient (Wildman–Crippen LogP) is 3.23. The number of hydrogen-bond acceptors (Lipinski definition) is 3. The van der Waals surface area contributed by atoms with E-state index in [1.807, 2.05) is 12.1 Å². The molecule has 0 aromatic heterocycles. The van der Waals surface area contributed by atoms with Crippen molar-refractivity contribution in [3.8, 4) is 0 Å². The normalized spacial score (nSPS) is 25.9. The quantitative estimate of drug-likeness (QED) is 0.906. The molecule has 20 heavy (non-hydrogen) atoms. The molecule has 4 heteroatoms. The Balaban J connectivity index is 2.25. The summed E-state index contributed by atoms with van der Waals surface area (Å²) in [5, 5.41) is 0.762. The highest BCUT2D eigenvalue weighted by atomic mass is 35.5. The summed E-state index contributed by atoms with van der Waals surface area (Å²) in [7, 11) is 2.16. The third kappa shape index (κ3) is 3.34. The number of ether oxygens (including phenoxy) is 1. The highest BCUT2D eigenvalue weighted by Crippen LogP contribution is 2.31. The van der Waals surface area contributed by atoms with Gasteiger partial charge in [-0.2, -0.15) is 0 Å². The number of nitrogens with zero attached hydrogens (tertiary/aromatic N) is 1. The highest BCUT2D eigenvalue weighted by molar-refractivity contribution is 6.30. The van der Waals surface area contributed by atoms with Gasteiger partial charge in [-0.15, -0.1) is 0 Å². The molecular formula is C16H25ClN2O. The summed E-state index contributed by atoms with van der Waals surface area (Å²) >= 11 is 5.99. The summed E-state index contributed by atoms with van der Waals surface area (Å²) in [4.78, 5) is 2.38. The lowest BCUT2D eigenvalue weighted by atomic mass is 9.94. The van der Waals surface area contributed by atoms with Gasteiger partial charge >= 0.3 is 0 Å². The molecule has 1 fully saturated rings. The van der Waals surface area contributed by atoms with Crippen molar-refractivity contribution in [1.29, 1.82) is 0 Å². The molecule has 1 heterocycles. The summed E-state index contributed by atoms with van der Waals surface area (Å²) < 4.78 is 5.70. The van der Waals surface area contributed by atoms with Gasteiger partial charge in [-0.25, -0.2) is 0 Å². The van der Waals surface area contributed by atoms with E-state index in [1.165, 1.54) is 5.56 Å². The molecule has 1 aliphatic heterocycles. The van der Waals surface area contributed by atoms with Crippen LogP contribution in [0.4, 0.5) is 0 Å². The zero-order valence-electron chi connectivity index (χ0n) is 12.6. The number of likely N-dealkylation sites (N-methyl/N-ethyl adjacent to an activating group) is 1. The van der Waals surface area contributed by atoms with Gasteiger partial charge in [0.15, 0.2) is 0 Å². The van der Waals surface area contributed by atoms with Crippen molar-refractivity contribution in [3.05, 3.63) is 34.9 Å². The van der Waals surface area contributed by atoms with Crippen molar-refractivity contribution >= 4 is 11.6 Å². The van der Waals surface area contributed by atoms with Crippen molar-refractivity contribution < 1.29 is 4.74 Å². The fourth-order valence-corrected chi connectivity index (χ4v) is 3.26. The lowest BCUT2D eigenvalue weighted by Gasteiger charge is -2.38. The second-order valence-corrected chi connectivity index (χ2v) is 6.10. The molecule has 0 saturated carbocycles. The van der Waals surface area contributed by atoms with E-state index >= 15 is 0 Å². The molecule has 0 bridgehead atoms. The Hall–Kier alpha value is -0.610. The smallest absolute Gasteiger partial charge is 0.0703 e. The molecule has 4 unspecified atom stereocenters. The molecule has 0 radical (unpaired) electrons. The summed E-state index contributed by atoms with van der Waals surface area (Å²) in [6.07, 6.45) is 2.27. The molecule has 112 valence electrons. The fraction of sp³-hybridized carbons (Fsp3) is 0.625. The molecule has 0 spiro atoms. The fourth-order valence-electron chi connectivity index (χ4n) is 3.13. The third-order valence-electron chi connectivity index (χ3n) is 4.39. The maximum atomic E-state index is 6.39. The van der Waals surface area contributed by atoms with Crippen LogP contribution in [0.2, 0.25) is 5.02 Å². The largest absolute Gasteiger partial charge is 0.377 e. The molecule has 1 aromatic rings. The Labute approximate surface area is 127 Å². The first-order valence-corrected chi connectivity index (χ1v) is 7.77. The molecule has 2 rings (SSSR count). The number of halogens is 1. The monoisotopic (exact) mass is 296 g/mol. The minimum atomic E-state index is 0.106. The Morgan fingerprint density at radius 2 is 2.05 bits per heavy atom. The van der Waals surface area contributed by atoms with Crippen LogP contribution in [-0.2, 0) is 4.74 Å². The van der Waals surface area contributed by atoms with Crippen molar-refractivity contribution in [2.45, 2.75) is 50.9 Å². The molecule has 2 N–H and O–H groups in total. The zero-order chi connectivity index (χ0) is 14.7. The van der Waals surface area contributed by atoms with Gasteiger partial charge in [0.25, 0.3) is 0 Å². The van der Waals surface area contributed by atoms with Crippen LogP contribution in [0, 0.1) is 0 Å². The van der Waals surface area contributed by atoms with Gasteiger partial charge in [0.2, 0.25) is 0 Å². The van der Waals surface area contributed by atoms with Crippen LogP contribution < -0.4 is 5.73 Å². The van der Waals surface area contributed by atoms with Gasteiger partial charge in [-0.1, -0.05) is 30.7 Å². The van der Waals surface area contributed by atoms with Crippen LogP contribution in [0.25, 0.3) is 0 Å². The zero-order valence-corrected chi connectivity index (χ0v) is 13.3. The number of hydrogen-bond donors (Lipinski definition) is 1. The lowest BCUT2D eigenvalue weighted by Crippen LogP contribution is -2.46. The number of nitrogens with two attached hydrogens (primary N) is 1. The molecule has 1 aromatic carbocycles. The van der Waals surface area contributed by atoms with Crippen LogP contribution >= 0.6 is 11.6 Å². The molecule has 1 saturated heterocycles. The Morgan fingerprint density at radius 3 is 2.55 bits per heavy atom. The lowest BCUT2D eigenvalue weighted by molar-refractivity contribution is 0.0608. The van der Waals surface area contributed by atoms with E-state index in [4.69, 9.17) is 22.1 Å². The first-order chi connectivity index (χ1) is 9.54. The van der Waals surface area contributed by atoms with Crippen LogP contribution in [0.5, 0.6) is 0 Å². The average molecular weight is 297 g/mol. The Morgan fingerprint density at radius 1 is 1.40 bits per heavy atom. The van der Waals surface area contributed by atoms with Crippen molar-refractivity contribution in [1.82, 2.24) is 4.90 Å². The van der Waals surface area contributed by atoms with E-state index in [0.29, 0.717) is 6.04 Å². The van der Waals surface area contributed by atoms with Gasteiger partial charge in [0.05, 0.1) is 6.10 Å². The SMILES string of the molecule is CCC(N)C(c1ccc(Cl)cc1)N(C)C1CCOC1C. The van der Waals surface area contributed by atoms with Crippen molar-refractivity contribution in [2.75, 3.05) is 13.7 Å². The number of benzene rings is 1. The minimum absolute atomic E-state index is 0.106. The third-order valence-corrected chi connectivity index (χ3v) is 4.64. The van der Waals surface area contributed by atoms with Crippen LogP contribution in [0.15, 0.2) is 24.3 Å². The minimum Gasteiger partial charge on any atom is -0.377 e. The summed E-state index contributed by atoms with van der Waals surface area (Å²) in [6, 6.07) is 8.77. The predicted molar refractivity (Wildman–Crippen MR) is 84.0 cm³/mol. The van der Waals surface area contributed by atoms with Crippen molar-refractivity contribution in [2.24, 2.45) is 5.73 Å². The van der Waals surface area contributed by atoms with E-state index < -0.39 is 0 Å². The van der Waals surface area contributed by atoms with Gasteiger partial charge in [-0.05, 0) is 44.5 Å². The van der Waals surface area contributed by atoms with Gasteiger partial charge in [0.1, 0.15) is 0 Å². The van der Waals surface area contributed by atoms with Crippen LogP contribution in [0.1, 0.15) is 38.3 Å². The second kappa shape index (κ2) is 6.90. The van der Waals surface area contributed by atoms with E-state index in [9.17, 15) is 0 Å². The standard InChI is InChI=1S/C16H25ClN2O/c1-4-14(18)16(12-5-7-13(17)8-6-12)19(3)15-9-10-20-11(15)2/h5-8,11,14-16H,4,9-10,18H2,1-3H3. The summed E-state index contributed by atoms with van der Waals surface area (Å²) in [5.74, 6) is 0. The van der Waals surface area contributed by atoms with E-state index in [0.717, 1.165) is 24.5 Å². The summed E-state index contributed by atoms with van der Waals surface area (Å²) in [6.45, 7) is 5.12. The molecular weight excluding hydrogens is 272 g/mol. The first kappa shape index (κ1) is 15.8. The summed E-state index contributed by atoms with van der Waals surface area (Å²) in [5.41, 5.74) is 7.61. The van der Waals surface area contributed by atoms with E-state index in [-0.39, 0.29) is 18.2 Å². The first-order valence-electron chi connectivity index (χ1n) is 7.39.